The lowest BCUT2D eigenvalue weighted by atomic mass is 10.0. The van der Waals surface area contributed by atoms with E-state index in [1.165, 1.54) is 4.90 Å². The van der Waals surface area contributed by atoms with Crippen LogP contribution in [-0.2, 0) is 32.6 Å². The van der Waals surface area contributed by atoms with E-state index in [-0.39, 0.29) is 18.9 Å². The van der Waals surface area contributed by atoms with Crippen LogP contribution in [0.2, 0.25) is 15.1 Å². The van der Waals surface area contributed by atoms with Crippen molar-refractivity contribution in [3.05, 3.63) is 98.5 Å². The lowest BCUT2D eigenvalue weighted by Gasteiger charge is -2.34. The van der Waals surface area contributed by atoms with Gasteiger partial charge in [-0.25, -0.2) is 8.42 Å². The zero-order valence-electron chi connectivity index (χ0n) is 21.8. The number of amides is 2. The fraction of sp³-hybridized carbons (Fsp3) is 0.286. The molecule has 3 aromatic rings. The number of hydrogen-bond donors (Lipinski definition) is 1. The Morgan fingerprint density at radius 1 is 0.949 bits per heavy atom. The Bertz CT molecular complexity index is 1440. The van der Waals surface area contributed by atoms with Crippen LogP contribution >= 0.6 is 34.8 Å². The Labute approximate surface area is 244 Å². The molecule has 0 heterocycles. The molecule has 1 N–H and O–H groups in total. The molecule has 0 unspecified atom stereocenters. The number of carbonyl (C=O) groups excluding carboxylic acids is 2. The van der Waals surface area contributed by atoms with E-state index in [0.29, 0.717) is 38.4 Å². The highest BCUT2D eigenvalue weighted by Gasteiger charge is 2.33. The number of nitrogens with zero attached hydrogens (tertiary/aromatic N) is 2. The summed E-state index contributed by atoms with van der Waals surface area (Å²) in [6, 6.07) is 18.0. The van der Waals surface area contributed by atoms with Gasteiger partial charge < -0.3 is 10.2 Å². The first-order valence-corrected chi connectivity index (χ1v) is 15.2. The molecule has 11 heteroatoms. The van der Waals surface area contributed by atoms with Crippen molar-refractivity contribution in [2.24, 2.45) is 0 Å². The average molecular weight is 611 g/mol. The Hall–Kier alpha value is -2.78. The zero-order chi connectivity index (χ0) is 28.7. The Morgan fingerprint density at radius 2 is 1.59 bits per heavy atom. The molecule has 39 heavy (non-hydrogen) atoms. The minimum absolute atomic E-state index is 0.0410. The van der Waals surface area contributed by atoms with E-state index in [4.69, 9.17) is 34.8 Å². The minimum atomic E-state index is -3.88. The second-order valence-corrected chi connectivity index (χ2v) is 12.2. The largest absolute Gasteiger partial charge is 0.355 e. The van der Waals surface area contributed by atoms with Gasteiger partial charge >= 0.3 is 0 Å². The van der Waals surface area contributed by atoms with Crippen LogP contribution in [0.15, 0.2) is 66.7 Å². The Morgan fingerprint density at radius 3 is 2.18 bits per heavy atom. The highest BCUT2D eigenvalue weighted by molar-refractivity contribution is 7.92. The highest BCUT2D eigenvalue weighted by Crippen LogP contribution is 2.27. The van der Waals surface area contributed by atoms with Gasteiger partial charge in [0.05, 0.1) is 11.9 Å². The first kappa shape index (κ1) is 30.8. The molecule has 0 saturated heterocycles. The zero-order valence-corrected chi connectivity index (χ0v) is 24.9. The van der Waals surface area contributed by atoms with Crippen molar-refractivity contribution in [3.63, 3.8) is 0 Å². The van der Waals surface area contributed by atoms with Gasteiger partial charge in [-0.05, 0) is 60.9 Å². The van der Waals surface area contributed by atoms with E-state index in [0.717, 1.165) is 16.1 Å². The van der Waals surface area contributed by atoms with E-state index in [1.54, 1.807) is 50.2 Å². The molecule has 0 aromatic heterocycles. The number of hydrogen-bond acceptors (Lipinski definition) is 4. The third-order valence-electron chi connectivity index (χ3n) is 6.08. The molecule has 0 spiro atoms. The van der Waals surface area contributed by atoms with E-state index >= 15 is 0 Å². The lowest BCUT2D eigenvalue weighted by Crippen LogP contribution is -2.53. The van der Waals surface area contributed by atoms with Crippen molar-refractivity contribution in [2.45, 2.75) is 32.9 Å². The maximum atomic E-state index is 14.0. The molecule has 3 aromatic carbocycles. The first-order valence-electron chi connectivity index (χ1n) is 12.2. The van der Waals surface area contributed by atoms with E-state index in [9.17, 15) is 18.0 Å². The second-order valence-electron chi connectivity index (χ2n) is 9.06. The van der Waals surface area contributed by atoms with Crippen LogP contribution in [0, 0.1) is 6.92 Å². The maximum Gasteiger partial charge on any atom is 0.244 e. The van der Waals surface area contributed by atoms with Crippen LogP contribution in [0.5, 0.6) is 0 Å². The van der Waals surface area contributed by atoms with Gasteiger partial charge in [0.2, 0.25) is 21.8 Å². The van der Waals surface area contributed by atoms with Crippen LogP contribution in [0.4, 0.5) is 5.69 Å². The third kappa shape index (κ3) is 8.35. The fourth-order valence-corrected chi connectivity index (χ4v) is 5.77. The Kier molecular flexibility index (Phi) is 10.7. The normalized spacial score (nSPS) is 12.1. The van der Waals surface area contributed by atoms with Crippen LogP contribution in [-0.4, -0.2) is 50.5 Å². The molecule has 0 fully saturated rings. The monoisotopic (exact) mass is 609 g/mol. The van der Waals surface area contributed by atoms with Crippen LogP contribution < -0.4 is 9.62 Å². The number of benzene rings is 3. The molecular formula is C28H30Cl3N3O4S. The molecule has 0 aliphatic heterocycles. The smallest absolute Gasteiger partial charge is 0.244 e. The molecule has 1 atom stereocenters. The van der Waals surface area contributed by atoms with Gasteiger partial charge in [0, 0.05) is 34.6 Å². The van der Waals surface area contributed by atoms with E-state index in [2.05, 4.69) is 5.32 Å². The minimum Gasteiger partial charge on any atom is -0.355 e. The molecule has 0 saturated carbocycles. The lowest BCUT2D eigenvalue weighted by molar-refractivity contribution is -0.140. The summed E-state index contributed by atoms with van der Waals surface area (Å²) in [4.78, 5) is 28.8. The molecule has 3 rings (SSSR count). The molecule has 0 aliphatic carbocycles. The summed E-state index contributed by atoms with van der Waals surface area (Å²) < 4.78 is 26.8. The third-order valence-corrected chi connectivity index (χ3v) is 8.03. The van der Waals surface area contributed by atoms with Gasteiger partial charge in [-0.1, -0.05) is 71.2 Å². The summed E-state index contributed by atoms with van der Waals surface area (Å²) in [6.07, 6.45) is 1.24. The van der Waals surface area contributed by atoms with Crippen molar-refractivity contribution < 1.29 is 18.0 Å². The molecule has 2 amide bonds. The van der Waals surface area contributed by atoms with E-state index in [1.807, 2.05) is 30.3 Å². The summed E-state index contributed by atoms with van der Waals surface area (Å²) in [5.74, 6) is -0.943. The molecule has 208 valence electrons. The number of likely N-dealkylation sites (N-methyl/N-ethyl adjacent to an activating group) is 1. The average Bonchev–Trinajstić information content (AvgIpc) is 2.86. The van der Waals surface area contributed by atoms with Gasteiger partial charge in [0.15, 0.2) is 0 Å². The summed E-state index contributed by atoms with van der Waals surface area (Å²) in [5.41, 5.74) is 2.29. The summed E-state index contributed by atoms with van der Waals surface area (Å²) in [7, 11) is -3.88. The van der Waals surface area contributed by atoms with Crippen molar-refractivity contribution in [3.8, 4) is 0 Å². The van der Waals surface area contributed by atoms with Crippen molar-refractivity contribution in [1.82, 2.24) is 10.2 Å². The van der Waals surface area contributed by atoms with Crippen molar-refractivity contribution in [2.75, 3.05) is 23.7 Å². The standard InChI is InChI=1S/C28H30Cl3N3O4S/c1-4-32-28(36)26(15-20-8-6-5-7-9-20)33(17-21-10-11-23(30)16-24(21)31)27(35)18-34(39(3,37)38)25-13-12-22(29)14-19(25)2/h5-14,16,26H,4,15,17-18H2,1-3H3,(H,32,36)/t26-/m1/s1. The van der Waals surface area contributed by atoms with Gasteiger partial charge in [-0.3, -0.25) is 13.9 Å². The number of halogens is 3. The van der Waals surface area contributed by atoms with Crippen molar-refractivity contribution >= 4 is 62.3 Å². The predicted octanol–water partition coefficient (Wildman–Crippen LogP) is 5.50. The number of aryl methyl sites for hydroxylation is 1. The summed E-state index contributed by atoms with van der Waals surface area (Å²) in [6.45, 7) is 3.28. The number of anilines is 1. The topological polar surface area (TPSA) is 86.8 Å². The number of sulfonamides is 1. The number of rotatable bonds is 11. The molecule has 7 nitrogen and oxygen atoms in total. The fourth-order valence-electron chi connectivity index (χ4n) is 4.17. The van der Waals surface area contributed by atoms with Crippen molar-refractivity contribution in [1.29, 1.82) is 0 Å². The van der Waals surface area contributed by atoms with Gasteiger partial charge in [-0.15, -0.1) is 0 Å². The van der Waals surface area contributed by atoms with Crippen LogP contribution in [0.1, 0.15) is 23.6 Å². The number of carbonyl (C=O) groups is 2. The predicted molar refractivity (Wildman–Crippen MR) is 158 cm³/mol. The van der Waals surface area contributed by atoms with Crippen LogP contribution in [0.25, 0.3) is 0 Å². The molecular weight excluding hydrogens is 581 g/mol. The second kappa shape index (κ2) is 13.5. The molecule has 0 bridgehead atoms. The first-order chi connectivity index (χ1) is 18.4. The SMILES string of the molecule is CCNC(=O)[C@@H](Cc1ccccc1)N(Cc1ccc(Cl)cc1Cl)C(=O)CN(c1ccc(Cl)cc1C)S(C)(=O)=O. The van der Waals surface area contributed by atoms with Gasteiger partial charge in [-0.2, -0.15) is 0 Å². The summed E-state index contributed by atoms with van der Waals surface area (Å²) >= 11 is 18.6. The van der Waals surface area contributed by atoms with Gasteiger partial charge in [0.1, 0.15) is 12.6 Å². The van der Waals surface area contributed by atoms with Crippen LogP contribution in [0.3, 0.4) is 0 Å². The quantitative estimate of drug-likeness (QED) is 0.311. The summed E-state index contributed by atoms with van der Waals surface area (Å²) in [5, 5.41) is 3.99. The van der Waals surface area contributed by atoms with E-state index < -0.39 is 28.5 Å². The Balaban J connectivity index is 2.08. The molecule has 0 aliphatic rings. The maximum absolute atomic E-state index is 14.0. The van der Waals surface area contributed by atoms with Gasteiger partial charge in [0.25, 0.3) is 0 Å². The molecule has 0 radical (unpaired) electrons. The number of nitrogens with one attached hydrogen (secondary N) is 1. The highest BCUT2D eigenvalue weighted by atomic mass is 35.5.